The molecule has 0 radical (unpaired) electrons. The number of aromatic nitrogens is 1. The second kappa shape index (κ2) is 7.33. The van der Waals surface area contributed by atoms with Crippen LogP contribution in [0.4, 0.5) is 10.5 Å². The Hall–Kier alpha value is -2.25. The molecule has 132 valence electrons. The fraction of sp³-hybridized carbons (Fsp3) is 0.312. The molecular weight excluding hydrogens is 369 g/mol. The molecule has 1 N–H and O–H groups in total. The van der Waals surface area contributed by atoms with Crippen molar-refractivity contribution in [2.75, 3.05) is 18.5 Å². The zero-order chi connectivity index (χ0) is 18.0. The highest BCUT2D eigenvalue weighted by Crippen LogP contribution is 2.27. The van der Waals surface area contributed by atoms with E-state index < -0.39 is 5.97 Å². The van der Waals surface area contributed by atoms with Gasteiger partial charge in [0.05, 0.1) is 23.9 Å². The number of hydrogen-bond donors (Lipinski definition) is 1. The number of ether oxygens (including phenoxy) is 1. The summed E-state index contributed by atoms with van der Waals surface area (Å²) in [6.07, 6.45) is 0.462. The van der Waals surface area contributed by atoms with Gasteiger partial charge in [-0.15, -0.1) is 0 Å². The Labute approximate surface area is 153 Å². The molecule has 2 heterocycles. The van der Waals surface area contributed by atoms with Gasteiger partial charge >= 0.3 is 12.0 Å². The minimum Gasteiger partial charge on any atom is -0.461 e. The molecule has 1 aromatic heterocycles. The Kier molecular flexibility index (Phi) is 5.15. The van der Waals surface area contributed by atoms with E-state index in [2.05, 4.69) is 10.5 Å². The first-order valence-corrected chi connectivity index (χ1v) is 8.40. The van der Waals surface area contributed by atoms with Crippen LogP contribution in [0.3, 0.4) is 0 Å². The molecule has 0 saturated carbocycles. The highest BCUT2D eigenvalue weighted by atomic mass is 35.5. The highest BCUT2D eigenvalue weighted by Gasteiger charge is 2.30. The summed E-state index contributed by atoms with van der Waals surface area (Å²) in [5, 5.41) is 7.33. The summed E-state index contributed by atoms with van der Waals surface area (Å²) in [4.78, 5) is 26.0. The normalized spacial score (nSPS) is 13.3. The van der Waals surface area contributed by atoms with Crippen molar-refractivity contribution in [1.29, 1.82) is 0 Å². The lowest BCUT2D eigenvalue weighted by Crippen LogP contribution is -2.39. The number of amides is 2. The van der Waals surface area contributed by atoms with Gasteiger partial charge in [-0.25, -0.2) is 9.59 Å². The van der Waals surface area contributed by atoms with E-state index in [0.29, 0.717) is 40.0 Å². The smallest absolute Gasteiger partial charge is 0.360 e. The average molecular weight is 384 g/mol. The van der Waals surface area contributed by atoms with Crippen LogP contribution in [0.25, 0.3) is 0 Å². The first-order chi connectivity index (χ1) is 12.0. The van der Waals surface area contributed by atoms with Gasteiger partial charge in [-0.05, 0) is 25.1 Å². The minimum absolute atomic E-state index is 0.110. The number of carbonyl (C=O) groups excluding carboxylic acids is 2. The van der Waals surface area contributed by atoms with E-state index in [1.54, 1.807) is 30.0 Å². The standard InChI is InChI=1S/C16H15Cl2N3O4/c1-2-24-15(22)14-10-8-21(6-5-13(10)25-20-14)16(23)19-12-4-3-9(17)7-11(12)18/h3-4,7H,2,5-6,8H2,1H3,(H,19,23). The van der Waals surface area contributed by atoms with Gasteiger partial charge < -0.3 is 19.5 Å². The molecule has 0 fully saturated rings. The molecule has 1 aliphatic rings. The number of carbonyl (C=O) groups is 2. The third kappa shape index (κ3) is 3.72. The largest absolute Gasteiger partial charge is 0.461 e. The molecule has 2 amide bonds. The Balaban J connectivity index is 1.74. The molecule has 25 heavy (non-hydrogen) atoms. The second-order valence-corrected chi connectivity index (χ2v) is 6.22. The highest BCUT2D eigenvalue weighted by molar-refractivity contribution is 6.36. The Morgan fingerprint density at radius 2 is 2.20 bits per heavy atom. The van der Waals surface area contributed by atoms with Crippen LogP contribution >= 0.6 is 23.2 Å². The Morgan fingerprint density at radius 1 is 1.40 bits per heavy atom. The van der Waals surface area contributed by atoms with Crippen molar-refractivity contribution in [3.05, 3.63) is 45.3 Å². The van der Waals surface area contributed by atoms with Crippen molar-refractivity contribution < 1.29 is 18.8 Å². The summed E-state index contributed by atoms with van der Waals surface area (Å²) in [6.45, 7) is 2.57. The zero-order valence-corrected chi connectivity index (χ0v) is 14.9. The van der Waals surface area contributed by atoms with Gasteiger partial charge in [0, 0.05) is 23.6 Å². The first-order valence-electron chi connectivity index (χ1n) is 7.65. The summed E-state index contributed by atoms with van der Waals surface area (Å²) in [6, 6.07) is 4.47. The Bertz CT molecular complexity index is 822. The summed E-state index contributed by atoms with van der Waals surface area (Å²) in [7, 11) is 0. The lowest BCUT2D eigenvalue weighted by Gasteiger charge is -2.26. The van der Waals surface area contributed by atoms with Crippen LogP contribution in [0, 0.1) is 0 Å². The number of halogens is 2. The first kappa shape index (κ1) is 17.6. The average Bonchev–Trinajstić information content (AvgIpc) is 3.00. The molecule has 7 nitrogen and oxygen atoms in total. The van der Waals surface area contributed by atoms with E-state index in [9.17, 15) is 9.59 Å². The van der Waals surface area contributed by atoms with Crippen LogP contribution in [-0.2, 0) is 17.7 Å². The molecule has 3 rings (SSSR count). The maximum atomic E-state index is 12.5. The van der Waals surface area contributed by atoms with Gasteiger partial charge in [0.15, 0.2) is 5.69 Å². The maximum absolute atomic E-state index is 12.5. The van der Waals surface area contributed by atoms with Gasteiger partial charge in [-0.1, -0.05) is 28.4 Å². The van der Waals surface area contributed by atoms with Crippen LogP contribution in [0.15, 0.2) is 22.7 Å². The number of fused-ring (bicyclic) bond motifs is 1. The van der Waals surface area contributed by atoms with Crippen LogP contribution in [0.1, 0.15) is 28.7 Å². The number of hydrogen-bond acceptors (Lipinski definition) is 5. The van der Waals surface area contributed by atoms with Crippen LogP contribution < -0.4 is 5.32 Å². The molecule has 0 bridgehead atoms. The van der Waals surface area contributed by atoms with Gasteiger partial charge in [-0.2, -0.15) is 0 Å². The molecular formula is C16H15Cl2N3O4. The SMILES string of the molecule is CCOC(=O)c1noc2c1CN(C(=O)Nc1ccc(Cl)cc1Cl)CC2. The predicted octanol–water partition coefficient (Wildman–Crippen LogP) is 3.75. The molecule has 0 unspecified atom stereocenters. The van der Waals surface area contributed by atoms with Gasteiger partial charge in [0.25, 0.3) is 0 Å². The van der Waals surface area contributed by atoms with E-state index in [0.717, 1.165) is 0 Å². The van der Waals surface area contributed by atoms with Gasteiger partial charge in [0.1, 0.15) is 5.76 Å². The fourth-order valence-electron chi connectivity index (χ4n) is 2.53. The van der Waals surface area contributed by atoms with Gasteiger partial charge in [-0.3, -0.25) is 0 Å². The monoisotopic (exact) mass is 383 g/mol. The number of nitrogens with one attached hydrogen (secondary N) is 1. The number of urea groups is 1. The quantitative estimate of drug-likeness (QED) is 0.815. The molecule has 0 spiro atoms. The van der Waals surface area contributed by atoms with E-state index in [1.165, 1.54) is 0 Å². The number of anilines is 1. The molecule has 1 aliphatic heterocycles. The number of benzene rings is 1. The van der Waals surface area contributed by atoms with E-state index >= 15 is 0 Å². The summed E-state index contributed by atoms with van der Waals surface area (Å²) >= 11 is 11.9. The molecule has 0 saturated heterocycles. The van der Waals surface area contributed by atoms with E-state index in [1.807, 2.05) is 0 Å². The summed E-state index contributed by atoms with van der Waals surface area (Å²) < 4.78 is 10.1. The van der Waals surface area contributed by atoms with Crippen molar-refractivity contribution in [2.45, 2.75) is 19.9 Å². The lowest BCUT2D eigenvalue weighted by atomic mass is 10.1. The Morgan fingerprint density at radius 3 is 2.92 bits per heavy atom. The second-order valence-electron chi connectivity index (χ2n) is 5.38. The molecule has 1 aromatic carbocycles. The molecule has 0 atom stereocenters. The van der Waals surface area contributed by atoms with Gasteiger partial charge in [0.2, 0.25) is 0 Å². The predicted molar refractivity (Wildman–Crippen MR) is 92.1 cm³/mol. The van der Waals surface area contributed by atoms with Crippen LogP contribution in [-0.4, -0.2) is 35.2 Å². The van der Waals surface area contributed by atoms with Crippen molar-refractivity contribution in [3.63, 3.8) is 0 Å². The minimum atomic E-state index is -0.560. The van der Waals surface area contributed by atoms with Crippen LogP contribution in [0.2, 0.25) is 10.0 Å². The summed E-state index contributed by atoms with van der Waals surface area (Å²) in [5.74, 6) is 0.0344. The number of esters is 1. The molecule has 9 heteroatoms. The number of nitrogens with zero attached hydrogens (tertiary/aromatic N) is 2. The van der Waals surface area contributed by atoms with Crippen LogP contribution in [0.5, 0.6) is 0 Å². The van der Waals surface area contributed by atoms with Crippen molar-refractivity contribution in [3.8, 4) is 0 Å². The molecule has 2 aromatic rings. The third-order valence-corrected chi connectivity index (χ3v) is 4.30. The topological polar surface area (TPSA) is 84.7 Å². The van der Waals surface area contributed by atoms with E-state index in [-0.39, 0.29) is 24.9 Å². The maximum Gasteiger partial charge on any atom is 0.360 e. The fourth-order valence-corrected chi connectivity index (χ4v) is 2.98. The van der Waals surface area contributed by atoms with Crippen molar-refractivity contribution in [1.82, 2.24) is 10.1 Å². The molecule has 0 aliphatic carbocycles. The third-order valence-electron chi connectivity index (χ3n) is 3.76. The lowest BCUT2D eigenvalue weighted by molar-refractivity contribution is 0.0512. The zero-order valence-electron chi connectivity index (χ0n) is 13.3. The van der Waals surface area contributed by atoms with Crippen molar-refractivity contribution >= 4 is 40.9 Å². The van der Waals surface area contributed by atoms with E-state index in [4.69, 9.17) is 32.5 Å². The summed E-state index contributed by atoms with van der Waals surface area (Å²) in [5.41, 5.74) is 1.14. The van der Waals surface area contributed by atoms with Crippen molar-refractivity contribution in [2.24, 2.45) is 0 Å². The number of rotatable bonds is 3.